The molecule has 5 rings (SSSR count). The lowest BCUT2D eigenvalue weighted by atomic mass is 10.0. The SMILES string of the molecule is COc1cc(OC)c(Cl)c(-c2ccc(OC(=O)Nc3ccc(Cn4ccnc4)cn3)c3nccnc23)c1F. The highest BCUT2D eigenvalue weighted by molar-refractivity contribution is 6.35. The fourth-order valence-electron chi connectivity index (χ4n) is 3.85. The molecule has 0 saturated heterocycles. The van der Waals surface area contributed by atoms with E-state index in [0.29, 0.717) is 17.9 Å². The standard InChI is InChI=1S/C26H20ClFN6O4/c1-36-18-11-19(37-2)23(28)21(22(18)27)16-4-5-17(25-24(16)30-7-8-31-25)38-26(35)33-20-6-3-15(12-32-20)13-34-10-9-29-14-34/h3-12,14H,13H2,1-2H3,(H,32,33,35). The minimum Gasteiger partial charge on any atom is -0.495 e. The van der Waals surface area contributed by atoms with Crippen molar-refractivity contribution >= 4 is 34.5 Å². The summed E-state index contributed by atoms with van der Waals surface area (Å²) >= 11 is 6.47. The average molecular weight is 535 g/mol. The monoisotopic (exact) mass is 534 g/mol. The van der Waals surface area contributed by atoms with Gasteiger partial charge in [-0.2, -0.15) is 0 Å². The van der Waals surface area contributed by atoms with Crippen LogP contribution in [0.25, 0.3) is 22.2 Å². The van der Waals surface area contributed by atoms with Gasteiger partial charge < -0.3 is 18.8 Å². The summed E-state index contributed by atoms with van der Waals surface area (Å²) < 4.78 is 33.2. The molecule has 10 nitrogen and oxygen atoms in total. The maximum atomic E-state index is 15.3. The first-order chi connectivity index (χ1) is 18.5. The molecule has 0 aliphatic carbocycles. The third-order valence-corrected chi connectivity index (χ3v) is 5.99. The lowest BCUT2D eigenvalue weighted by Crippen LogP contribution is -2.18. The number of nitrogens with one attached hydrogen (secondary N) is 1. The predicted octanol–water partition coefficient (Wildman–Crippen LogP) is 5.36. The predicted molar refractivity (Wildman–Crippen MR) is 138 cm³/mol. The number of aromatic nitrogens is 5. The van der Waals surface area contributed by atoms with E-state index in [-0.39, 0.29) is 38.9 Å². The summed E-state index contributed by atoms with van der Waals surface area (Å²) in [6.45, 7) is 0.596. The molecule has 0 bridgehead atoms. The van der Waals surface area contributed by atoms with Gasteiger partial charge in [-0.1, -0.05) is 17.7 Å². The van der Waals surface area contributed by atoms with Gasteiger partial charge in [0.15, 0.2) is 17.3 Å². The topological polar surface area (TPSA) is 113 Å². The van der Waals surface area contributed by atoms with Gasteiger partial charge in [-0.25, -0.2) is 24.1 Å². The van der Waals surface area contributed by atoms with Crippen molar-refractivity contribution in [2.45, 2.75) is 6.54 Å². The largest absolute Gasteiger partial charge is 0.495 e. The van der Waals surface area contributed by atoms with Gasteiger partial charge in [-0.05, 0) is 23.8 Å². The summed E-state index contributed by atoms with van der Waals surface area (Å²) in [4.78, 5) is 29.6. The number of hydrogen-bond acceptors (Lipinski definition) is 8. The van der Waals surface area contributed by atoms with Crippen LogP contribution in [0, 0.1) is 5.82 Å². The molecule has 12 heteroatoms. The number of halogens is 2. The molecule has 2 aromatic carbocycles. The molecular weight excluding hydrogens is 515 g/mol. The van der Waals surface area contributed by atoms with Crippen molar-refractivity contribution in [3.63, 3.8) is 0 Å². The smallest absolute Gasteiger partial charge is 0.418 e. The van der Waals surface area contributed by atoms with Gasteiger partial charge in [0.2, 0.25) is 0 Å². The summed E-state index contributed by atoms with van der Waals surface area (Å²) in [5.74, 6) is -0.118. The molecule has 0 unspecified atom stereocenters. The molecule has 0 saturated carbocycles. The van der Waals surface area contributed by atoms with E-state index in [1.165, 1.54) is 44.8 Å². The number of methoxy groups -OCH3 is 2. The van der Waals surface area contributed by atoms with Crippen molar-refractivity contribution in [3.8, 4) is 28.4 Å². The Morgan fingerprint density at radius 1 is 1.00 bits per heavy atom. The number of ether oxygens (including phenoxy) is 3. The minimum absolute atomic E-state index is 0.0179. The van der Waals surface area contributed by atoms with E-state index in [2.05, 4.69) is 25.3 Å². The number of fused-ring (bicyclic) bond motifs is 1. The number of pyridine rings is 1. The Morgan fingerprint density at radius 3 is 2.47 bits per heavy atom. The molecule has 0 atom stereocenters. The van der Waals surface area contributed by atoms with Crippen LogP contribution in [-0.2, 0) is 6.54 Å². The molecule has 0 spiro atoms. The van der Waals surface area contributed by atoms with E-state index in [0.717, 1.165) is 5.56 Å². The zero-order chi connectivity index (χ0) is 26.6. The van der Waals surface area contributed by atoms with E-state index >= 15 is 4.39 Å². The Hall–Kier alpha value is -4.77. The molecule has 1 N–H and O–H groups in total. The zero-order valence-electron chi connectivity index (χ0n) is 20.2. The van der Waals surface area contributed by atoms with E-state index in [4.69, 9.17) is 25.8 Å². The molecule has 192 valence electrons. The lowest BCUT2D eigenvalue weighted by Gasteiger charge is -2.15. The number of carbonyl (C=O) groups is 1. The lowest BCUT2D eigenvalue weighted by molar-refractivity contribution is 0.215. The normalized spacial score (nSPS) is 10.8. The first-order valence-corrected chi connectivity index (χ1v) is 11.6. The fourth-order valence-corrected chi connectivity index (χ4v) is 4.17. The second-order valence-electron chi connectivity index (χ2n) is 7.95. The molecule has 5 aromatic rings. The number of anilines is 1. The molecule has 0 radical (unpaired) electrons. The minimum atomic E-state index is -0.785. The Bertz CT molecular complexity index is 1580. The number of benzene rings is 2. The van der Waals surface area contributed by atoms with Crippen LogP contribution in [0.5, 0.6) is 17.2 Å². The van der Waals surface area contributed by atoms with Crippen molar-refractivity contribution in [1.82, 2.24) is 24.5 Å². The highest BCUT2D eigenvalue weighted by Crippen LogP contribution is 2.44. The highest BCUT2D eigenvalue weighted by atomic mass is 35.5. The number of hydrogen-bond donors (Lipinski definition) is 1. The molecule has 38 heavy (non-hydrogen) atoms. The van der Waals surface area contributed by atoms with Crippen molar-refractivity contribution in [3.05, 3.63) is 84.0 Å². The number of rotatable bonds is 7. The Morgan fingerprint density at radius 2 is 1.79 bits per heavy atom. The van der Waals surface area contributed by atoms with Gasteiger partial charge >= 0.3 is 6.09 Å². The molecule has 0 aliphatic heterocycles. The van der Waals surface area contributed by atoms with Gasteiger partial charge in [0.1, 0.15) is 22.6 Å². The van der Waals surface area contributed by atoms with Gasteiger partial charge in [-0.3, -0.25) is 10.3 Å². The van der Waals surface area contributed by atoms with E-state index < -0.39 is 11.9 Å². The maximum Gasteiger partial charge on any atom is 0.418 e. The molecule has 3 heterocycles. The van der Waals surface area contributed by atoms with Crippen molar-refractivity contribution in [2.24, 2.45) is 0 Å². The van der Waals surface area contributed by atoms with E-state index in [9.17, 15) is 4.79 Å². The summed E-state index contributed by atoms with van der Waals surface area (Å²) in [6, 6.07) is 7.87. The summed E-state index contributed by atoms with van der Waals surface area (Å²) in [6.07, 6.45) is 8.97. The third kappa shape index (κ3) is 4.91. The van der Waals surface area contributed by atoms with Gasteiger partial charge in [0, 0.05) is 54.7 Å². The van der Waals surface area contributed by atoms with Crippen LogP contribution in [0.3, 0.4) is 0 Å². The Labute approximate surface area is 221 Å². The molecule has 0 aliphatic rings. The van der Waals surface area contributed by atoms with Crippen LogP contribution in [-0.4, -0.2) is 44.8 Å². The quantitative estimate of drug-likeness (QED) is 0.297. The second kappa shape index (κ2) is 10.7. The van der Waals surface area contributed by atoms with Gasteiger partial charge in [0.05, 0.1) is 25.6 Å². The van der Waals surface area contributed by atoms with Crippen LogP contribution < -0.4 is 19.5 Å². The van der Waals surface area contributed by atoms with Crippen LogP contribution in [0.1, 0.15) is 5.56 Å². The number of nitrogens with zero attached hydrogens (tertiary/aromatic N) is 5. The molecule has 0 fully saturated rings. The fraction of sp³-hybridized carbons (Fsp3) is 0.115. The number of amides is 1. The van der Waals surface area contributed by atoms with Gasteiger partial charge in [0.25, 0.3) is 0 Å². The van der Waals surface area contributed by atoms with E-state index in [1.54, 1.807) is 24.8 Å². The summed E-state index contributed by atoms with van der Waals surface area (Å²) in [7, 11) is 2.75. The van der Waals surface area contributed by atoms with Crippen LogP contribution >= 0.6 is 11.6 Å². The molecular formula is C26H20ClFN6O4. The number of carbonyl (C=O) groups excluding carboxylic acids is 1. The third-order valence-electron chi connectivity index (χ3n) is 5.61. The average Bonchev–Trinajstić information content (AvgIpc) is 3.44. The number of imidazole rings is 1. The van der Waals surface area contributed by atoms with Crippen molar-refractivity contribution in [1.29, 1.82) is 0 Å². The van der Waals surface area contributed by atoms with Crippen LogP contribution in [0.4, 0.5) is 15.0 Å². The molecule has 1 amide bonds. The second-order valence-corrected chi connectivity index (χ2v) is 8.33. The van der Waals surface area contributed by atoms with Gasteiger partial charge in [-0.15, -0.1) is 0 Å². The maximum absolute atomic E-state index is 15.3. The van der Waals surface area contributed by atoms with Crippen molar-refractivity contribution < 1.29 is 23.4 Å². The Kier molecular flexibility index (Phi) is 7.00. The Balaban J connectivity index is 1.42. The highest BCUT2D eigenvalue weighted by Gasteiger charge is 2.23. The first-order valence-electron chi connectivity index (χ1n) is 11.2. The van der Waals surface area contributed by atoms with Crippen LogP contribution in [0.15, 0.2) is 67.6 Å². The van der Waals surface area contributed by atoms with Crippen molar-refractivity contribution in [2.75, 3.05) is 19.5 Å². The first kappa shape index (κ1) is 24.9. The van der Waals surface area contributed by atoms with Crippen LogP contribution in [0.2, 0.25) is 5.02 Å². The molecule has 3 aromatic heterocycles. The summed E-state index contributed by atoms with van der Waals surface area (Å²) in [5, 5.41) is 2.62. The van der Waals surface area contributed by atoms with E-state index in [1.807, 2.05) is 16.8 Å². The zero-order valence-corrected chi connectivity index (χ0v) is 20.9. The summed E-state index contributed by atoms with van der Waals surface area (Å²) in [5.41, 5.74) is 1.75.